The van der Waals surface area contributed by atoms with E-state index < -0.39 is 0 Å². The smallest absolute Gasteiger partial charge is 0.134 e. The van der Waals surface area contributed by atoms with Gasteiger partial charge in [0.15, 0.2) is 0 Å². The van der Waals surface area contributed by atoms with Crippen LogP contribution in [0.4, 0.5) is 5.69 Å². The number of hydrogen-bond donors (Lipinski definition) is 1. The first-order chi connectivity index (χ1) is 10.8. The first-order valence-electron chi connectivity index (χ1n) is 7.97. The molecule has 1 aliphatic rings. The van der Waals surface area contributed by atoms with Gasteiger partial charge in [-0.15, -0.1) is 11.3 Å². The number of benzene rings is 1. The number of nitrogens with one attached hydrogen (secondary N) is 1. The van der Waals surface area contributed by atoms with Gasteiger partial charge in [0.1, 0.15) is 11.9 Å². The molecule has 0 amide bonds. The number of thiophene rings is 1. The highest BCUT2D eigenvalue weighted by molar-refractivity contribution is 7.10. The van der Waals surface area contributed by atoms with E-state index in [-0.39, 0.29) is 6.10 Å². The van der Waals surface area contributed by atoms with Crippen LogP contribution >= 0.6 is 11.3 Å². The third-order valence-electron chi connectivity index (χ3n) is 4.23. The maximum atomic E-state index is 6.45. The molecule has 0 fully saturated rings. The van der Waals surface area contributed by atoms with Crippen molar-refractivity contribution in [2.24, 2.45) is 0 Å². The second-order valence-corrected chi connectivity index (χ2v) is 6.77. The summed E-state index contributed by atoms with van der Waals surface area (Å²) < 4.78 is 6.45. The summed E-state index contributed by atoms with van der Waals surface area (Å²) >= 11 is 1.78. The molecule has 2 heterocycles. The Kier molecular flexibility index (Phi) is 5.01. The third kappa shape index (κ3) is 3.28. The quantitative estimate of drug-likeness (QED) is 0.876. The summed E-state index contributed by atoms with van der Waals surface area (Å²) in [6, 6.07) is 10.7. The lowest BCUT2D eigenvalue weighted by atomic mass is 10.0. The molecule has 2 aromatic rings. The molecule has 0 bridgehead atoms. The standard InChI is InChI=1S/C18H24N2OS/c1-19-11-10-17(18-9-5-13-22-18)21-16-8-3-7-15-14(16)6-4-12-20(15)2/h3,5,7-9,13,17,19H,4,6,10-12H2,1-2H3/t17-/m1/s1. The largest absolute Gasteiger partial charge is 0.484 e. The molecule has 4 heteroatoms. The van der Waals surface area contributed by atoms with Gasteiger partial charge in [-0.05, 0) is 50.0 Å². The molecule has 0 radical (unpaired) electrons. The molecule has 3 nitrogen and oxygen atoms in total. The maximum Gasteiger partial charge on any atom is 0.134 e. The molecule has 3 rings (SSSR count). The van der Waals surface area contributed by atoms with Crippen molar-refractivity contribution in [3.8, 4) is 5.75 Å². The fourth-order valence-corrected chi connectivity index (χ4v) is 3.84. The molecule has 1 atom stereocenters. The van der Waals surface area contributed by atoms with Crippen LogP contribution in [-0.4, -0.2) is 27.2 Å². The summed E-state index contributed by atoms with van der Waals surface area (Å²) in [7, 11) is 4.16. The minimum Gasteiger partial charge on any atom is -0.484 e. The number of anilines is 1. The highest BCUT2D eigenvalue weighted by Gasteiger charge is 2.21. The first kappa shape index (κ1) is 15.4. The van der Waals surface area contributed by atoms with E-state index in [2.05, 4.69) is 53.0 Å². The van der Waals surface area contributed by atoms with Crippen LogP contribution in [0.15, 0.2) is 35.7 Å². The van der Waals surface area contributed by atoms with E-state index in [4.69, 9.17) is 4.74 Å². The Hall–Kier alpha value is -1.52. The number of rotatable bonds is 6. The van der Waals surface area contributed by atoms with Gasteiger partial charge in [0.2, 0.25) is 0 Å². The molecule has 1 aromatic heterocycles. The van der Waals surface area contributed by atoms with Crippen molar-refractivity contribution in [3.63, 3.8) is 0 Å². The Morgan fingerprint density at radius 2 is 2.23 bits per heavy atom. The van der Waals surface area contributed by atoms with Crippen LogP contribution in [0.1, 0.15) is 29.4 Å². The zero-order valence-corrected chi connectivity index (χ0v) is 14.2. The zero-order chi connectivity index (χ0) is 15.4. The molecule has 1 N–H and O–H groups in total. The number of ether oxygens (including phenoxy) is 1. The molecule has 0 spiro atoms. The predicted molar refractivity (Wildman–Crippen MR) is 94.3 cm³/mol. The van der Waals surface area contributed by atoms with Gasteiger partial charge in [0, 0.05) is 36.1 Å². The molecule has 1 aromatic carbocycles. The first-order valence-corrected chi connectivity index (χ1v) is 8.85. The average Bonchev–Trinajstić information content (AvgIpc) is 3.06. The Labute approximate surface area is 136 Å². The molecule has 118 valence electrons. The lowest BCUT2D eigenvalue weighted by Gasteiger charge is -2.30. The minimum atomic E-state index is 0.131. The van der Waals surface area contributed by atoms with E-state index in [1.165, 1.54) is 22.5 Å². The summed E-state index contributed by atoms with van der Waals surface area (Å²) in [5.41, 5.74) is 2.68. The molecule has 22 heavy (non-hydrogen) atoms. The van der Waals surface area contributed by atoms with E-state index in [1.807, 2.05) is 7.05 Å². The van der Waals surface area contributed by atoms with Gasteiger partial charge in [0.25, 0.3) is 0 Å². The zero-order valence-electron chi connectivity index (χ0n) is 13.3. The van der Waals surface area contributed by atoms with E-state index >= 15 is 0 Å². The van der Waals surface area contributed by atoms with Crippen LogP contribution in [0.5, 0.6) is 5.75 Å². The fourth-order valence-electron chi connectivity index (χ4n) is 3.05. The Morgan fingerprint density at radius 1 is 1.32 bits per heavy atom. The normalized spacial score (nSPS) is 15.5. The van der Waals surface area contributed by atoms with Crippen LogP contribution in [-0.2, 0) is 6.42 Å². The highest BCUT2D eigenvalue weighted by Crippen LogP contribution is 2.36. The SMILES string of the molecule is CNCC[C@@H](Oc1cccc2c1CCCN2C)c1cccs1. The van der Waals surface area contributed by atoms with E-state index in [1.54, 1.807) is 11.3 Å². The van der Waals surface area contributed by atoms with Crippen molar-refractivity contribution in [1.29, 1.82) is 0 Å². The summed E-state index contributed by atoms with van der Waals surface area (Å²) in [6.07, 6.45) is 3.42. The monoisotopic (exact) mass is 316 g/mol. The lowest BCUT2D eigenvalue weighted by molar-refractivity contribution is 0.196. The maximum absolute atomic E-state index is 6.45. The van der Waals surface area contributed by atoms with Gasteiger partial charge in [-0.1, -0.05) is 12.1 Å². The van der Waals surface area contributed by atoms with Gasteiger partial charge in [-0.2, -0.15) is 0 Å². The topological polar surface area (TPSA) is 24.5 Å². The summed E-state index contributed by atoms with van der Waals surface area (Å²) in [5.74, 6) is 1.05. The average molecular weight is 316 g/mol. The number of hydrogen-bond acceptors (Lipinski definition) is 4. The minimum absolute atomic E-state index is 0.131. The Bertz CT molecular complexity index is 597. The second-order valence-electron chi connectivity index (χ2n) is 5.79. The van der Waals surface area contributed by atoms with Crippen molar-refractivity contribution in [2.75, 3.05) is 32.1 Å². The van der Waals surface area contributed by atoms with E-state index in [0.717, 1.165) is 31.7 Å². The van der Waals surface area contributed by atoms with Crippen molar-refractivity contribution in [3.05, 3.63) is 46.2 Å². The third-order valence-corrected chi connectivity index (χ3v) is 5.19. The fraction of sp³-hybridized carbons (Fsp3) is 0.444. The van der Waals surface area contributed by atoms with Crippen LogP contribution in [0.3, 0.4) is 0 Å². The van der Waals surface area contributed by atoms with Gasteiger partial charge in [-0.3, -0.25) is 0 Å². The van der Waals surface area contributed by atoms with Crippen molar-refractivity contribution < 1.29 is 4.74 Å². The number of fused-ring (bicyclic) bond motifs is 1. The van der Waals surface area contributed by atoms with Crippen molar-refractivity contribution in [1.82, 2.24) is 5.32 Å². The van der Waals surface area contributed by atoms with Crippen molar-refractivity contribution >= 4 is 17.0 Å². The molecular weight excluding hydrogens is 292 g/mol. The van der Waals surface area contributed by atoms with E-state index in [0.29, 0.717) is 0 Å². The summed E-state index contributed by atoms with van der Waals surface area (Å²) in [5, 5.41) is 5.36. The molecule has 1 aliphatic heterocycles. The molecule has 0 saturated heterocycles. The van der Waals surface area contributed by atoms with Gasteiger partial charge >= 0.3 is 0 Å². The van der Waals surface area contributed by atoms with Crippen LogP contribution < -0.4 is 15.0 Å². The number of nitrogens with zero attached hydrogens (tertiary/aromatic N) is 1. The molecule has 0 saturated carbocycles. The van der Waals surface area contributed by atoms with Crippen LogP contribution in [0.2, 0.25) is 0 Å². The van der Waals surface area contributed by atoms with Crippen molar-refractivity contribution in [2.45, 2.75) is 25.4 Å². The lowest BCUT2D eigenvalue weighted by Crippen LogP contribution is -2.25. The van der Waals surface area contributed by atoms with Crippen LogP contribution in [0, 0.1) is 0 Å². The molecule has 0 unspecified atom stereocenters. The summed E-state index contributed by atoms with van der Waals surface area (Å²) in [4.78, 5) is 3.64. The Morgan fingerprint density at radius 3 is 3.00 bits per heavy atom. The molecular formula is C18H24N2OS. The Balaban J connectivity index is 1.85. The van der Waals surface area contributed by atoms with Crippen LogP contribution in [0.25, 0.3) is 0 Å². The summed E-state index contributed by atoms with van der Waals surface area (Å²) in [6.45, 7) is 2.09. The predicted octanol–water partition coefficient (Wildman–Crippen LogP) is 3.86. The van der Waals surface area contributed by atoms with Gasteiger partial charge < -0.3 is 15.0 Å². The highest BCUT2D eigenvalue weighted by atomic mass is 32.1. The van der Waals surface area contributed by atoms with Gasteiger partial charge in [-0.25, -0.2) is 0 Å². The second kappa shape index (κ2) is 7.16. The van der Waals surface area contributed by atoms with Gasteiger partial charge in [0.05, 0.1) is 0 Å². The van der Waals surface area contributed by atoms with E-state index in [9.17, 15) is 0 Å². The molecule has 0 aliphatic carbocycles.